The van der Waals surface area contributed by atoms with Gasteiger partial charge in [-0.15, -0.1) is 0 Å². The van der Waals surface area contributed by atoms with Crippen molar-refractivity contribution in [2.45, 2.75) is 12.8 Å². The first kappa shape index (κ1) is 23.5. The molecule has 0 unspecified atom stereocenters. The van der Waals surface area contributed by atoms with E-state index in [2.05, 4.69) is 35.1 Å². The molecule has 0 aliphatic carbocycles. The van der Waals surface area contributed by atoms with E-state index in [-0.39, 0.29) is 5.82 Å². The van der Waals surface area contributed by atoms with Gasteiger partial charge in [0.25, 0.3) is 0 Å². The second kappa shape index (κ2) is 9.59. The van der Waals surface area contributed by atoms with Crippen molar-refractivity contribution >= 4 is 21.9 Å². The van der Waals surface area contributed by atoms with Crippen LogP contribution in [-0.4, -0.2) is 71.1 Å². The summed E-state index contributed by atoms with van der Waals surface area (Å²) >= 11 is 0. The highest BCUT2D eigenvalue weighted by Crippen LogP contribution is 2.33. The third-order valence-corrected chi connectivity index (χ3v) is 7.09. The second-order valence-corrected chi connectivity index (χ2v) is 9.80. The summed E-state index contributed by atoms with van der Waals surface area (Å²) in [6.45, 7) is 3.53. The van der Waals surface area contributed by atoms with E-state index in [9.17, 15) is 4.39 Å². The molecule has 1 fully saturated rings. The summed E-state index contributed by atoms with van der Waals surface area (Å²) < 4.78 is 22.3. The molecule has 2 N–H and O–H groups in total. The molecule has 1 aromatic carbocycles. The molecule has 0 saturated carbocycles. The smallest absolute Gasteiger partial charge is 0.159 e. The van der Waals surface area contributed by atoms with Crippen molar-refractivity contribution in [2.75, 3.05) is 26.2 Å². The maximum absolute atomic E-state index is 14.7. The third-order valence-electron chi connectivity index (χ3n) is 7.09. The lowest BCUT2D eigenvalue weighted by molar-refractivity contribution is 0.237. The molecule has 11 heteroatoms. The zero-order valence-electron chi connectivity index (χ0n) is 21.4. The van der Waals surface area contributed by atoms with Crippen molar-refractivity contribution in [1.29, 1.82) is 0 Å². The SMILES string of the molecule is Cn1cc(-c2cc3c(-c4nc5c(-c6cc(F)cc(OCCN7CCCC7)c6)nccc5[nH]4)n[nH]c3cn2)cn1. The lowest BCUT2D eigenvalue weighted by Gasteiger charge is -2.15. The van der Waals surface area contributed by atoms with E-state index in [4.69, 9.17) is 9.72 Å². The molecule has 1 aliphatic rings. The van der Waals surface area contributed by atoms with Crippen LogP contribution in [0.25, 0.3) is 56.0 Å². The standard InChI is InChI=1S/C28H26FN9O/c1-37-16-18(14-32-37)23-13-21-24(15-31-23)35-36-26(21)28-33-22-4-5-30-25(27(22)34-28)17-10-19(29)12-20(11-17)39-9-8-38-6-2-3-7-38/h4-5,10-16H,2-3,6-9H2,1H3,(H,33,34)(H,35,36). The van der Waals surface area contributed by atoms with Crippen LogP contribution in [0.1, 0.15) is 12.8 Å². The minimum atomic E-state index is -0.382. The molecule has 0 spiro atoms. The number of benzene rings is 1. The summed E-state index contributed by atoms with van der Waals surface area (Å²) in [6, 6.07) is 8.50. The van der Waals surface area contributed by atoms with Crippen LogP contribution in [0.4, 0.5) is 4.39 Å². The fraction of sp³-hybridized carbons (Fsp3) is 0.250. The number of nitrogens with zero attached hydrogens (tertiary/aromatic N) is 7. The molecular weight excluding hydrogens is 497 g/mol. The van der Waals surface area contributed by atoms with Gasteiger partial charge in [-0.25, -0.2) is 9.37 Å². The monoisotopic (exact) mass is 523 g/mol. The number of pyridine rings is 2. The summed E-state index contributed by atoms with van der Waals surface area (Å²) in [4.78, 5) is 19.7. The number of imidazole rings is 1. The highest BCUT2D eigenvalue weighted by atomic mass is 19.1. The number of aromatic nitrogens is 8. The Kier molecular flexibility index (Phi) is 5.77. The number of hydrogen-bond acceptors (Lipinski definition) is 7. The Morgan fingerprint density at radius 1 is 1.00 bits per heavy atom. The molecule has 0 radical (unpaired) electrons. The first-order chi connectivity index (χ1) is 19.1. The summed E-state index contributed by atoms with van der Waals surface area (Å²) in [6.07, 6.45) is 9.57. The second-order valence-electron chi connectivity index (χ2n) is 9.80. The molecular formula is C28H26FN9O. The van der Waals surface area contributed by atoms with E-state index in [1.807, 2.05) is 31.4 Å². The van der Waals surface area contributed by atoms with Gasteiger partial charge in [0.05, 0.1) is 34.8 Å². The number of aromatic amines is 2. The van der Waals surface area contributed by atoms with E-state index < -0.39 is 0 Å². The molecule has 6 heterocycles. The normalized spacial score (nSPS) is 14.1. The average Bonchev–Trinajstić information content (AvgIpc) is 3.74. The zero-order valence-corrected chi connectivity index (χ0v) is 21.4. The lowest BCUT2D eigenvalue weighted by Crippen LogP contribution is -2.25. The maximum Gasteiger partial charge on any atom is 0.159 e. The molecule has 0 bridgehead atoms. The molecule has 5 aromatic heterocycles. The Balaban J connectivity index is 1.23. The predicted octanol–water partition coefficient (Wildman–Crippen LogP) is 4.58. The van der Waals surface area contributed by atoms with Crippen LogP contribution in [0.2, 0.25) is 0 Å². The molecule has 1 aliphatic heterocycles. The Bertz CT molecular complexity index is 1800. The number of H-pyrrole nitrogens is 2. The fourth-order valence-electron chi connectivity index (χ4n) is 5.15. The van der Waals surface area contributed by atoms with E-state index >= 15 is 0 Å². The lowest BCUT2D eigenvalue weighted by atomic mass is 10.1. The Hall–Kier alpha value is -4.64. The Labute approximate surface area is 222 Å². The van der Waals surface area contributed by atoms with Crippen LogP contribution in [-0.2, 0) is 7.05 Å². The number of ether oxygens (including phenoxy) is 1. The first-order valence-corrected chi connectivity index (χ1v) is 12.9. The molecule has 39 heavy (non-hydrogen) atoms. The number of aryl methyl sites for hydroxylation is 1. The Morgan fingerprint density at radius 2 is 1.90 bits per heavy atom. The van der Waals surface area contributed by atoms with Crippen molar-refractivity contribution in [3.63, 3.8) is 0 Å². The van der Waals surface area contributed by atoms with E-state index in [0.717, 1.165) is 47.3 Å². The summed E-state index contributed by atoms with van der Waals surface area (Å²) in [7, 11) is 1.87. The van der Waals surface area contributed by atoms with Crippen LogP contribution in [0.5, 0.6) is 5.75 Å². The van der Waals surface area contributed by atoms with Gasteiger partial charge in [-0.3, -0.25) is 24.6 Å². The topological polar surface area (TPSA) is 113 Å². The number of hydrogen-bond donors (Lipinski definition) is 2. The van der Waals surface area contributed by atoms with E-state index in [1.165, 1.54) is 25.0 Å². The molecule has 7 rings (SSSR count). The number of fused-ring (bicyclic) bond motifs is 2. The van der Waals surface area contributed by atoms with Gasteiger partial charge in [-0.1, -0.05) is 0 Å². The predicted molar refractivity (Wildman–Crippen MR) is 146 cm³/mol. The van der Waals surface area contributed by atoms with Gasteiger partial charge in [0.15, 0.2) is 5.82 Å². The van der Waals surface area contributed by atoms with Crippen LogP contribution in [0.3, 0.4) is 0 Å². The van der Waals surface area contributed by atoms with E-state index in [1.54, 1.807) is 23.3 Å². The summed E-state index contributed by atoms with van der Waals surface area (Å²) in [5, 5.41) is 12.7. The molecule has 0 atom stereocenters. The van der Waals surface area contributed by atoms with Crippen LogP contribution in [0.15, 0.2) is 55.1 Å². The molecule has 1 saturated heterocycles. The quantitative estimate of drug-likeness (QED) is 0.315. The van der Waals surface area contributed by atoms with Crippen LogP contribution < -0.4 is 4.74 Å². The number of halogens is 1. The van der Waals surface area contributed by atoms with Crippen LogP contribution >= 0.6 is 0 Å². The first-order valence-electron chi connectivity index (χ1n) is 12.9. The van der Waals surface area contributed by atoms with Gasteiger partial charge in [0.1, 0.15) is 29.4 Å². The number of nitrogens with one attached hydrogen (secondary N) is 2. The highest BCUT2D eigenvalue weighted by molar-refractivity contribution is 5.96. The van der Waals surface area contributed by atoms with E-state index in [0.29, 0.717) is 40.6 Å². The van der Waals surface area contributed by atoms with Crippen molar-refractivity contribution in [3.8, 4) is 39.8 Å². The summed E-state index contributed by atoms with van der Waals surface area (Å²) in [5.41, 5.74) is 5.71. The third kappa shape index (κ3) is 4.50. The van der Waals surface area contributed by atoms with Crippen molar-refractivity contribution in [3.05, 3.63) is 60.9 Å². The van der Waals surface area contributed by atoms with Gasteiger partial charge < -0.3 is 9.72 Å². The van der Waals surface area contributed by atoms with Gasteiger partial charge in [0.2, 0.25) is 0 Å². The summed E-state index contributed by atoms with van der Waals surface area (Å²) in [5.74, 6) is 0.673. The van der Waals surface area contributed by atoms with Gasteiger partial charge >= 0.3 is 0 Å². The minimum absolute atomic E-state index is 0.382. The molecule has 6 aromatic rings. The minimum Gasteiger partial charge on any atom is -0.492 e. The van der Waals surface area contributed by atoms with Crippen LogP contribution in [0, 0.1) is 5.82 Å². The number of rotatable bonds is 7. The molecule has 10 nitrogen and oxygen atoms in total. The van der Waals surface area contributed by atoms with Gasteiger partial charge in [0, 0.05) is 48.6 Å². The van der Waals surface area contributed by atoms with Crippen molar-refractivity contribution < 1.29 is 9.13 Å². The highest BCUT2D eigenvalue weighted by Gasteiger charge is 2.18. The average molecular weight is 524 g/mol. The Morgan fingerprint density at radius 3 is 2.74 bits per heavy atom. The van der Waals surface area contributed by atoms with Gasteiger partial charge in [-0.05, 0) is 50.2 Å². The zero-order chi connectivity index (χ0) is 26.3. The van der Waals surface area contributed by atoms with Gasteiger partial charge in [-0.2, -0.15) is 10.2 Å². The molecule has 0 amide bonds. The van der Waals surface area contributed by atoms with Crippen molar-refractivity contribution in [2.24, 2.45) is 7.05 Å². The molecule has 196 valence electrons. The number of likely N-dealkylation sites (tertiary alicyclic amines) is 1. The maximum atomic E-state index is 14.7. The fourth-order valence-corrected chi connectivity index (χ4v) is 5.15. The van der Waals surface area contributed by atoms with Crippen molar-refractivity contribution in [1.82, 2.24) is 44.8 Å². The largest absolute Gasteiger partial charge is 0.492 e.